The molecule has 100 valence electrons. The van der Waals surface area contributed by atoms with Gasteiger partial charge in [-0.25, -0.2) is 0 Å². The molecule has 0 saturated heterocycles. The molecule has 1 N–H and O–H groups in total. The molecule has 0 unspecified atom stereocenters. The molecule has 0 fully saturated rings. The summed E-state index contributed by atoms with van der Waals surface area (Å²) in [4.78, 5) is 14.1. The van der Waals surface area contributed by atoms with E-state index >= 15 is 0 Å². The Hall–Kier alpha value is -0.850. The number of phenolic OH excluding ortho intramolecular Hbond substituents is 1. The Kier molecular flexibility index (Phi) is 4.65. The summed E-state index contributed by atoms with van der Waals surface area (Å²) in [5, 5.41) is 9.52. The molecular weight excluding hydrogens is 394 g/mol. The molecule has 1 aromatic carbocycles. The largest absolute Gasteiger partial charge is 0.508 e. The van der Waals surface area contributed by atoms with Gasteiger partial charge in [0.05, 0.1) is 13.1 Å². The van der Waals surface area contributed by atoms with Gasteiger partial charge in [-0.1, -0.05) is 6.07 Å². The van der Waals surface area contributed by atoms with E-state index in [1.54, 1.807) is 35.2 Å². The average Bonchev–Trinajstić information content (AvgIpc) is 2.69. The van der Waals surface area contributed by atoms with Gasteiger partial charge in [-0.15, -0.1) is 11.3 Å². The molecule has 6 heteroatoms. The molecule has 19 heavy (non-hydrogen) atoms. The van der Waals surface area contributed by atoms with Crippen molar-refractivity contribution in [3.05, 3.63) is 43.5 Å². The first-order chi connectivity index (χ1) is 9.02. The number of nitrogens with zero attached hydrogens (tertiary/aromatic N) is 1. The maximum Gasteiger partial charge on any atom is 0.260 e. The van der Waals surface area contributed by atoms with Gasteiger partial charge in [0.1, 0.15) is 5.75 Å². The predicted molar refractivity (Wildman–Crippen MR) is 85.2 cm³/mol. The van der Waals surface area contributed by atoms with Crippen LogP contribution in [0.5, 0.6) is 5.75 Å². The summed E-state index contributed by atoms with van der Waals surface area (Å²) in [6, 6.07) is 8.48. The Balaban J connectivity index is 2.37. The van der Waals surface area contributed by atoms with Crippen LogP contribution in [0.15, 0.2) is 37.9 Å². The molecule has 1 amide bonds. The van der Waals surface area contributed by atoms with Crippen LogP contribution in [0.25, 0.3) is 0 Å². The standard InChI is InChI=1S/C13H11Br2NO2S/c1-2-16(8-4-3-5-9(17)6-8)13(18)10-7-11(14)19-12(10)15/h3-7,17H,2H2,1H3. The van der Waals surface area contributed by atoms with Crippen LogP contribution in [0.4, 0.5) is 5.69 Å². The molecule has 0 radical (unpaired) electrons. The molecule has 0 saturated carbocycles. The first-order valence-corrected chi connectivity index (χ1v) is 7.99. The van der Waals surface area contributed by atoms with Crippen molar-refractivity contribution in [2.24, 2.45) is 0 Å². The van der Waals surface area contributed by atoms with Gasteiger partial charge >= 0.3 is 0 Å². The quantitative estimate of drug-likeness (QED) is 0.808. The van der Waals surface area contributed by atoms with Crippen LogP contribution < -0.4 is 4.90 Å². The highest BCUT2D eigenvalue weighted by Crippen LogP contribution is 2.33. The number of hydrogen-bond donors (Lipinski definition) is 1. The fourth-order valence-corrected chi connectivity index (χ4v) is 4.51. The normalized spacial score (nSPS) is 10.5. The van der Waals surface area contributed by atoms with Gasteiger partial charge < -0.3 is 10.0 Å². The van der Waals surface area contributed by atoms with Crippen molar-refractivity contribution in [3.63, 3.8) is 0 Å². The number of thiophene rings is 1. The lowest BCUT2D eigenvalue weighted by molar-refractivity contribution is 0.0988. The topological polar surface area (TPSA) is 40.5 Å². The number of halogens is 2. The number of carbonyl (C=O) groups is 1. The molecule has 3 nitrogen and oxygen atoms in total. The van der Waals surface area contributed by atoms with Crippen LogP contribution in [0.3, 0.4) is 0 Å². The van der Waals surface area contributed by atoms with Gasteiger partial charge in [0, 0.05) is 18.3 Å². The minimum absolute atomic E-state index is 0.0954. The van der Waals surface area contributed by atoms with E-state index in [-0.39, 0.29) is 11.7 Å². The Labute approximate surface area is 132 Å². The van der Waals surface area contributed by atoms with Gasteiger partial charge in [0.2, 0.25) is 0 Å². The fraction of sp³-hybridized carbons (Fsp3) is 0.154. The van der Waals surface area contributed by atoms with Gasteiger partial charge in [0.25, 0.3) is 5.91 Å². The Morgan fingerprint density at radius 3 is 2.63 bits per heavy atom. The third-order valence-electron chi connectivity index (χ3n) is 2.59. The molecule has 2 aromatic rings. The summed E-state index contributed by atoms with van der Waals surface area (Å²) < 4.78 is 1.69. The summed E-state index contributed by atoms with van der Waals surface area (Å²) in [7, 11) is 0. The molecule has 1 aromatic heterocycles. The zero-order chi connectivity index (χ0) is 14.0. The number of phenols is 1. The summed E-state index contributed by atoms with van der Waals surface area (Å²) >= 11 is 8.22. The van der Waals surface area contributed by atoms with E-state index in [9.17, 15) is 9.90 Å². The first-order valence-electron chi connectivity index (χ1n) is 5.58. The van der Waals surface area contributed by atoms with Crippen molar-refractivity contribution in [2.45, 2.75) is 6.92 Å². The third kappa shape index (κ3) is 3.19. The molecule has 2 rings (SSSR count). The van der Waals surface area contributed by atoms with E-state index in [4.69, 9.17) is 0 Å². The molecule has 1 heterocycles. The highest BCUT2D eigenvalue weighted by molar-refractivity contribution is 9.12. The van der Waals surface area contributed by atoms with Crippen molar-refractivity contribution >= 4 is 54.8 Å². The van der Waals surface area contributed by atoms with Crippen LogP contribution >= 0.6 is 43.2 Å². The highest BCUT2D eigenvalue weighted by Gasteiger charge is 2.20. The summed E-state index contributed by atoms with van der Waals surface area (Å²) in [5.74, 6) is 0.0521. The lowest BCUT2D eigenvalue weighted by atomic mass is 10.2. The molecule has 0 spiro atoms. The zero-order valence-electron chi connectivity index (χ0n) is 10.1. The van der Waals surface area contributed by atoms with E-state index in [2.05, 4.69) is 31.9 Å². The minimum Gasteiger partial charge on any atom is -0.508 e. The molecule has 0 aliphatic carbocycles. The predicted octanol–water partition coefficient (Wildman–Crippen LogP) is 4.65. The summed E-state index contributed by atoms with van der Waals surface area (Å²) in [5.41, 5.74) is 1.30. The first kappa shape index (κ1) is 14.6. The fourth-order valence-electron chi connectivity index (χ4n) is 1.74. The van der Waals surface area contributed by atoms with Gasteiger partial charge in [0.15, 0.2) is 0 Å². The maximum atomic E-state index is 12.5. The number of benzene rings is 1. The number of amides is 1. The molecule has 0 bridgehead atoms. The summed E-state index contributed by atoms with van der Waals surface area (Å²) in [6.45, 7) is 2.43. The molecular formula is C13H11Br2NO2S. The Morgan fingerprint density at radius 2 is 2.11 bits per heavy atom. The SMILES string of the molecule is CCN(C(=O)c1cc(Br)sc1Br)c1cccc(O)c1. The van der Waals surface area contributed by atoms with Crippen molar-refractivity contribution in [2.75, 3.05) is 11.4 Å². The van der Waals surface area contributed by atoms with Gasteiger partial charge in [-0.05, 0) is 57.0 Å². The van der Waals surface area contributed by atoms with Crippen LogP contribution in [0.1, 0.15) is 17.3 Å². The van der Waals surface area contributed by atoms with Crippen LogP contribution in [0.2, 0.25) is 0 Å². The Morgan fingerprint density at radius 1 is 1.37 bits per heavy atom. The van der Waals surface area contributed by atoms with E-state index in [1.165, 1.54) is 11.3 Å². The lowest BCUT2D eigenvalue weighted by Gasteiger charge is -2.21. The smallest absolute Gasteiger partial charge is 0.260 e. The summed E-state index contributed by atoms with van der Waals surface area (Å²) in [6.07, 6.45) is 0. The number of anilines is 1. The van der Waals surface area contributed by atoms with Crippen LogP contribution in [-0.2, 0) is 0 Å². The second-order valence-electron chi connectivity index (χ2n) is 3.81. The van der Waals surface area contributed by atoms with E-state index in [1.807, 2.05) is 6.92 Å². The van der Waals surface area contributed by atoms with Crippen molar-refractivity contribution < 1.29 is 9.90 Å². The van der Waals surface area contributed by atoms with Crippen molar-refractivity contribution in [1.29, 1.82) is 0 Å². The number of rotatable bonds is 3. The number of aromatic hydroxyl groups is 1. The van der Waals surface area contributed by atoms with Gasteiger partial charge in [-0.2, -0.15) is 0 Å². The molecule has 0 aliphatic heterocycles. The Bertz CT molecular complexity index is 612. The number of hydrogen-bond acceptors (Lipinski definition) is 3. The zero-order valence-corrected chi connectivity index (χ0v) is 14.0. The monoisotopic (exact) mass is 403 g/mol. The van der Waals surface area contributed by atoms with Crippen molar-refractivity contribution in [3.8, 4) is 5.75 Å². The average molecular weight is 405 g/mol. The van der Waals surface area contributed by atoms with E-state index < -0.39 is 0 Å². The second-order valence-corrected chi connectivity index (χ2v) is 7.56. The highest BCUT2D eigenvalue weighted by atomic mass is 79.9. The maximum absolute atomic E-state index is 12.5. The molecule has 0 aliphatic rings. The van der Waals surface area contributed by atoms with E-state index in [0.29, 0.717) is 17.8 Å². The lowest BCUT2D eigenvalue weighted by Crippen LogP contribution is -2.30. The minimum atomic E-state index is -0.0954. The second kappa shape index (κ2) is 6.07. The molecule has 0 atom stereocenters. The van der Waals surface area contributed by atoms with Crippen molar-refractivity contribution in [1.82, 2.24) is 0 Å². The van der Waals surface area contributed by atoms with Gasteiger partial charge in [-0.3, -0.25) is 4.79 Å². The van der Waals surface area contributed by atoms with Crippen LogP contribution in [-0.4, -0.2) is 17.6 Å². The number of carbonyl (C=O) groups excluding carboxylic acids is 1. The van der Waals surface area contributed by atoms with E-state index in [0.717, 1.165) is 7.57 Å². The van der Waals surface area contributed by atoms with Crippen LogP contribution in [0, 0.1) is 0 Å². The third-order valence-corrected chi connectivity index (χ3v) is 4.93.